The van der Waals surface area contributed by atoms with Crippen LogP contribution in [0.1, 0.15) is 6.92 Å². The maximum Gasteiger partial charge on any atom is 0.269 e. The van der Waals surface area contributed by atoms with Crippen molar-refractivity contribution >= 4 is 18.0 Å². The molecule has 9 heavy (non-hydrogen) atoms. The first kappa shape index (κ1) is 6.10. The third-order valence-corrected chi connectivity index (χ3v) is 0.979. The van der Waals surface area contributed by atoms with Crippen LogP contribution in [0, 0.1) is 0 Å². The van der Waals surface area contributed by atoms with E-state index < -0.39 is 6.04 Å². The summed E-state index contributed by atoms with van der Waals surface area (Å²) >= 11 is 0. The molecule has 0 fully saturated rings. The minimum atomic E-state index is -0.631. The van der Waals surface area contributed by atoms with Gasteiger partial charge in [0, 0.05) is 6.21 Å². The van der Waals surface area contributed by atoms with Crippen molar-refractivity contribution < 1.29 is 4.79 Å². The third kappa shape index (κ3) is 1.20. The summed E-state index contributed by atoms with van der Waals surface area (Å²) in [5.41, 5.74) is 5.23. The molecule has 4 heteroatoms. The van der Waals surface area contributed by atoms with E-state index in [9.17, 15) is 4.79 Å². The Kier molecular flexibility index (Phi) is 1.40. The van der Waals surface area contributed by atoms with Gasteiger partial charge in [0.15, 0.2) is 0 Å². The van der Waals surface area contributed by atoms with Gasteiger partial charge in [-0.05, 0) is 6.92 Å². The predicted octanol–water partition coefficient (Wildman–Crippen LogP) is -0.657. The van der Waals surface area contributed by atoms with Gasteiger partial charge in [0.25, 0.3) is 5.91 Å². The summed E-state index contributed by atoms with van der Waals surface area (Å²) in [6, 6.07) is -0.631. The quantitative estimate of drug-likeness (QED) is 0.467. The monoisotopic (exact) mass is 125 g/mol. The highest BCUT2D eigenvalue weighted by atomic mass is 16.1. The first-order valence-electron chi connectivity index (χ1n) is 2.59. The van der Waals surface area contributed by atoms with Gasteiger partial charge in [-0.2, -0.15) is 4.99 Å². The van der Waals surface area contributed by atoms with Crippen LogP contribution in [0.15, 0.2) is 9.98 Å². The number of hydrogen-bond donors (Lipinski definition) is 1. The van der Waals surface area contributed by atoms with Crippen molar-refractivity contribution in [3.63, 3.8) is 0 Å². The van der Waals surface area contributed by atoms with Crippen LogP contribution in [0.3, 0.4) is 0 Å². The Hall–Kier alpha value is -1.03. The summed E-state index contributed by atoms with van der Waals surface area (Å²) < 4.78 is 0. The average molecular weight is 125 g/mol. The molecule has 0 aromatic heterocycles. The lowest BCUT2D eigenvalue weighted by Crippen LogP contribution is -2.33. The Labute approximate surface area is 52.5 Å². The summed E-state index contributed by atoms with van der Waals surface area (Å²) in [7, 11) is 0. The third-order valence-electron chi connectivity index (χ3n) is 0.979. The van der Waals surface area contributed by atoms with Crippen LogP contribution in [-0.2, 0) is 4.79 Å². The van der Waals surface area contributed by atoms with E-state index in [0.717, 1.165) is 0 Å². The summed E-state index contributed by atoms with van der Waals surface area (Å²) in [5, 5.41) is 0. The molecule has 2 N–H and O–H groups in total. The zero-order valence-corrected chi connectivity index (χ0v) is 5.03. The van der Waals surface area contributed by atoms with Crippen LogP contribution in [0.25, 0.3) is 0 Å². The zero-order chi connectivity index (χ0) is 6.85. The smallest absolute Gasteiger partial charge is 0.269 e. The highest BCUT2D eigenvalue weighted by Crippen LogP contribution is 1.91. The minimum absolute atomic E-state index is 0.317. The second-order valence-electron chi connectivity index (χ2n) is 1.80. The highest BCUT2D eigenvalue weighted by Gasteiger charge is 2.12. The van der Waals surface area contributed by atoms with Gasteiger partial charge in [0.05, 0.1) is 0 Å². The highest BCUT2D eigenvalue weighted by molar-refractivity contribution is 6.10. The zero-order valence-electron chi connectivity index (χ0n) is 5.03. The van der Waals surface area contributed by atoms with Gasteiger partial charge in [-0.25, -0.2) is 4.99 Å². The van der Waals surface area contributed by atoms with Gasteiger partial charge in [-0.3, -0.25) is 4.79 Å². The van der Waals surface area contributed by atoms with Crippen molar-refractivity contribution in [2.24, 2.45) is 15.7 Å². The van der Waals surface area contributed by atoms with E-state index in [-0.39, 0.29) is 5.91 Å². The number of aliphatic imine (C=N–C) groups is 2. The molecule has 0 aromatic carbocycles. The number of carbonyl (C=O) groups excluding carboxylic acids is 1. The van der Waals surface area contributed by atoms with Gasteiger partial charge in [0.1, 0.15) is 11.9 Å². The molecule has 1 heterocycles. The molecule has 1 amide bonds. The molecule has 0 radical (unpaired) electrons. The van der Waals surface area contributed by atoms with E-state index in [4.69, 9.17) is 5.73 Å². The van der Waals surface area contributed by atoms with Crippen LogP contribution >= 0.6 is 0 Å². The van der Waals surface area contributed by atoms with Crippen molar-refractivity contribution in [2.45, 2.75) is 13.0 Å². The van der Waals surface area contributed by atoms with Crippen LogP contribution in [-0.4, -0.2) is 24.0 Å². The second kappa shape index (κ2) is 2.06. The van der Waals surface area contributed by atoms with Gasteiger partial charge < -0.3 is 5.73 Å². The van der Waals surface area contributed by atoms with Crippen molar-refractivity contribution in [2.75, 3.05) is 0 Å². The van der Waals surface area contributed by atoms with Crippen LogP contribution in [0.2, 0.25) is 0 Å². The number of nitrogens with two attached hydrogens (primary N) is 1. The molecule has 0 bridgehead atoms. The molecule has 1 aliphatic rings. The van der Waals surface area contributed by atoms with Crippen molar-refractivity contribution in [1.82, 2.24) is 0 Å². The average Bonchev–Trinajstić information content (AvgIpc) is 1.80. The molecule has 48 valence electrons. The molecule has 0 aromatic rings. The standard InChI is InChI=1S/C5H7N3O/c1-3-7-2-4(6)5(9)8-3/h2,4H,6H2,1H3. The number of rotatable bonds is 0. The largest absolute Gasteiger partial charge is 0.315 e. The Bertz CT molecular complexity index is 194. The molecule has 0 spiro atoms. The van der Waals surface area contributed by atoms with Crippen molar-refractivity contribution in [3.05, 3.63) is 0 Å². The SMILES string of the molecule is CC1=NC(=O)C(N)C=N1. The van der Waals surface area contributed by atoms with Gasteiger partial charge >= 0.3 is 0 Å². The summed E-state index contributed by atoms with van der Waals surface area (Å²) in [6.45, 7) is 1.65. The second-order valence-corrected chi connectivity index (χ2v) is 1.80. The number of nitrogens with zero attached hydrogens (tertiary/aromatic N) is 2. The molecule has 1 atom stereocenters. The topological polar surface area (TPSA) is 67.8 Å². The Balaban J connectivity index is 2.82. The van der Waals surface area contributed by atoms with Crippen LogP contribution < -0.4 is 5.73 Å². The summed E-state index contributed by atoms with van der Waals surface area (Å²) in [6.07, 6.45) is 1.39. The first-order valence-corrected chi connectivity index (χ1v) is 2.59. The Morgan fingerprint density at radius 1 is 1.78 bits per heavy atom. The van der Waals surface area contributed by atoms with E-state index in [0.29, 0.717) is 5.84 Å². The lowest BCUT2D eigenvalue weighted by molar-refractivity contribution is -0.117. The van der Waals surface area contributed by atoms with Gasteiger partial charge in [-0.1, -0.05) is 0 Å². The minimum Gasteiger partial charge on any atom is -0.315 e. The Morgan fingerprint density at radius 2 is 2.44 bits per heavy atom. The molecule has 0 saturated carbocycles. The molecule has 1 aliphatic heterocycles. The number of amidine groups is 1. The molecule has 4 nitrogen and oxygen atoms in total. The van der Waals surface area contributed by atoms with Crippen LogP contribution in [0.4, 0.5) is 0 Å². The fourth-order valence-electron chi connectivity index (χ4n) is 0.515. The Morgan fingerprint density at radius 3 is 2.89 bits per heavy atom. The van der Waals surface area contributed by atoms with Crippen molar-refractivity contribution in [1.29, 1.82) is 0 Å². The molecule has 0 aliphatic carbocycles. The van der Waals surface area contributed by atoms with E-state index in [1.807, 2.05) is 0 Å². The molecule has 1 unspecified atom stereocenters. The number of carbonyl (C=O) groups is 1. The molecular weight excluding hydrogens is 118 g/mol. The molecule has 0 saturated heterocycles. The van der Waals surface area contributed by atoms with E-state index in [2.05, 4.69) is 9.98 Å². The van der Waals surface area contributed by atoms with E-state index in [1.54, 1.807) is 6.92 Å². The lowest BCUT2D eigenvalue weighted by Gasteiger charge is -2.04. The fourth-order valence-corrected chi connectivity index (χ4v) is 0.515. The molecular formula is C5H7N3O. The summed E-state index contributed by atoms with van der Waals surface area (Å²) in [4.78, 5) is 17.9. The van der Waals surface area contributed by atoms with Crippen LogP contribution in [0.5, 0.6) is 0 Å². The maximum atomic E-state index is 10.6. The van der Waals surface area contributed by atoms with Gasteiger partial charge in [0.2, 0.25) is 0 Å². The molecule has 1 rings (SSSR count). The fraction of sp³-hybridized carbons (Fsp3) is 0.400. The van der Waals surface area contributed by atoms with E-state index >= 15 is 0 Å². The number of hydrogen-bond acceptors (Lipinski definition) is 3. The van der Waals surface area contributed by atoms with Gasteiger partial charge in [-0.15, -0.1) is 0 Å². The lowest BCUT2D eigenvalue weighted by atomic mass is 10.3. The summed E-state index contributed by atoms with van der Waals surface area (Å²) in [5.74, 6) is 0.157. The normalized spacial score (nSPS) is 26.2. The van der Waals surface area contributed by atoms with Crippen molar-refractivity contribution in [3.8, 4) is 0 Å². The predicted molar refractivity (Wildman–Crippen MR) is 34.6 cm³/mol. The number of amides is 1. The maximum absolute atomic E-state index is 10.6. The first-order chi connectivity index (χ1) is 4.20. The van der Waals surface area contributed by atoms with E-state index in [1.165, 1.54) is 6.21 Å².